The molecule has 0 atom stereocenters. The molecular formula is C50H32FN. The Labute approximate surface area is 301 Å². The molecule has 1 nitrogen and oxygen atoms in total. The average molecular weight is 666 g/mol. The van der Waals surface area contributed by atoms with Crippen molar-refractivity contribution in [1.82, 2.24) is 0 Å². The average Bonchev–Trinajstić information content (AvgIpc) is 3.21. The third-order valence-electron chi connectivity index (χ3n) is 10.4. The van der Waals surface area contributed by atoms with Crippen LogP contribution in [0, 0.1) is 5.82 Å². The maximum absolute atomic E-state index is 17.0. The molecule has 0 aliphatic heterocycles. The van der Waals surface area contributed by atoms with Crippen LogP contribution in [-0.4, -0.2) is 0 Å². The van der Waals surface area contributed by atoms with Gasteiger partial charge in [-0.25, -0.2) is 4.39 Å². The van der Waals surface area contributed by atoms with E-state index in [1.807, 2.05) is 66.7 Å². The molecule has 0 amide bonds. The monoisotopic (exact) mass is 665 g/mol. The van der Waals surface area contributed by atoms with Gasteiger partial charge in [0.05, 0.1) is 5.69 Å². The number of hydrogen-bond acceptors (Lipinski definition) is 1. The summed E-state index contributed by atoms with van der Waals surface area (Å²) in [5.41, 5.74) is 8.32. The van der Waals surface area contributed by atoms with Crippen molar-refractivity contribution in [1.29, 1.82) is 0 Å². The number of rotatable bonds is 6. The molecule has 244 valence electrons. The Bertz CT molecular complexity index is 2830. The van der Waals surface area contributed by atoms with Crippen LogP contribution in [0.5, 0.6) is 0 Å². The maximum atomic E-state index is 17.0. The number of anilines is 3. The summed E-state index contributed by atoms with van der Waals surface area (Å²) in [7, 11) is 0. The zero-order valence-electron chi connectivity index (χ0n) is 28.3. The molecule has 10 aromatic rings. The second-order valence-corrected chi connectivity index (χ2v) is 13.5. The van der Waals surface area contributed by atoms with Gasteiger partial charge in [0.2, 0.25) is 0 Å². The number of para-hydroxylation sites is 1. The predicted octanol–water partition coefficient (Wildman–Crippen LogP) is 14.3. The summed E-state index contributed by atoms with van der Waals surface area (Å²) < 4.78 is 17.0. The first-order chi connectivity index (χ1) is 25.7. The van der Waals surface area contributed by atoms with Gasteiger partial charge in [-0.05, 0) is 126 Å². The highest BCUT2D eigenvalue weighted by Gasteiger charge is 2.24. The molecular weight excluding hydrogens is 634 g/mol. The number of benzene rings is 10. The minimum Gasteiger partial charge on any atom is -0.307 e. The normalized spacial score (nSPS) is 11.6. The van der Waals surface area contributed by atoms with Crippen molar-refractivity contribution in [2.75, 3.05) is 4.90 Å². The van der Waals surface area contributed by atoms with Crippen LogP contribution in [0.3, 0.4) is 0 Å². The molecule has 0 unspecified atom stereocenters. The minimum absolute atomic E-state index is 0.282. The fourth-order valence-corrected chi connectivity index (χ4v) is 7.93. The van der Waals surface area contributed by atoms with Crippen molar-refractivity contribution in [2.24, 2.45) is 0 Å². The highest BCUT2D eigenvalue weighted by atomic mass is 19.1. The topological polar surface area (TPSA) is 3.24 Å². The van der Waals surface area contributed by atoms with E-state index in [9.17, 15) is 0 Å². The first kappa shape index (κ1) is 30.1. The smallest absolute Gasteiger partial charge is 0.148 e. The lowest BCUT2D eigenvalue weighted by atomic mass is 9.90. The van der Waals surface area contributed by atoms with Crippen LogP contribution < -0.4 is 4.90 Å². The summed E-state index contributed by atoms with van der Waals surface area (Å²) in [6, 6.07) is 67.3. The van der Waals surface area contributed by atoms with Gasteiger partial charge in [0.25, 0.3) is 0 Å². The van der Waals surface area contributed by atoms with E-state index in [2.05, 4.69) is 126 Å². The molecule has 52 heavy (non-hydrogen) atoms. The quantitative estimate of drug-likeness (QED) is 0.160. The van der Waals surface area contributed by atoms with Gasteiger partial charge in [-0.1, -0.05) is 140 Å². The van der Waals surface area contributed by atoms with Gasteiger partial charge in [-0.15, -0.1) is 0 Å². The highest BCUT2D eigenvalue weighted by Crippen LogP contribution is 2.47. The second kappa shape index (κ2) is 12.2. The van der Waals surface area contributed by atoms with Crippen LogP contribution in [0.15, 0.2) is 194 Å². The summed E-state index contributed by atoms with van der Waals surface area (Å²) in [4.78, 5) is 2.08. The van der Waals surface area contributed by atoms with Crippen LogP contribution in [0.2, 0.25) is 0 Å². The molecule has 10 rings (SSSR count). The molecule has 0 aliphatic carbocycles. The van der Waals surface area contributed by atoms with Crippen molar-refractivity contribution >= 4 is 60.2 Å². The van der Waals surface area contributed by atoms with E-state index in [0.717, 1.165) is 44.4 Å². The van der Waals surface area contributed by atoms with E-state index >= 15 is 4.39 Å². The second-order valence-electron chi connectivity index (χ2n) is 13.5. The Morgan fingerprint density at radius 3 is 1.42 bits per heavy atom. The van der Waals surface area contributed by atoms with Crippen LogP contribution in [-0.2, 0) is 0 Å². The predicted molar refractivity (Wildman–Crippen MR) is 219 cm³/mol. The molecule has 0 radical (unpaired) electrons. The fraction of sp³-hybridized carbons (Fsp3) is 0. The van der Waals surface area contributed by atoms with Gasteiger partial charge in [-0.2, -0.15) is 0 Å². The minimum atomic E-state index is -0.282. The van der Waals surface area contributed by atoms with Crippen molar-refractivity contribution in [2.45, 2.75) is 0 Å². The number of fused-ring (bicyclic) bond motifs is 1. The van der Waals surface area contributed by atoms with Crippen LogP contribution >= 0.6 is 0 Å². The third-order valence-corrected chi connectivity index (χ3v) is 10.4. The Morgan fingerprint density at radius 1 is 0.308 bits per heavy atom. The zero-order valence-corrected chi connectivity index (χ0v) is 28.3. The van der Waals surface area contributed by atoms with Gasteiger partial charge in [0.15, 0.2) is 0 Å². The molecule has 2 heteroatoms. The number of nitrogens with zero attached hydrogens (tertiary/aromatic N) is 1. The molecule has 0 spiro atoms. The molecule has 0 fully saturated rings. The van der Waals surface area contributed by atoms with Crippen molar-refractivity contribution in [3.05, 3.63) is 200 Å². The van der Waals surface area contributed by atoms with E-state index in [1.165, 1.54) is 43.4 Å². The largest absolute Gasteiger partial charge is 0.307 e. The lowest BCUT2D eigenvalue weighted by Gasteiger charge is -2.29. The molecule has 0 bridgehead atoms. The van der Waals surface area contributed by atoms with E-state index in [1.54, 1.807) is 6.07 Å². The van der Waals surface area contributed by atoms with Gasteiger partial charge >= 0.3 is 0 Å². The summed E-state index contributed by atoms with van der Waals surface area (Å²) >= 11 is 0. The standard InChI is InChI=1S/C50H32FN/c51-47-32-43(33-12-4-1-5-13-33)31-46(35-15-6-2-7-16-35)50(47)52(44-18-8-3-9-19-44)45-29-40-24-22-38-27-42(28-39-23-25-41(30-45)49(40)48(38)39)37-21-20-34-14-10-11-17-36(34)26-37/h1-32H. The van der Waals surface area contributed by atoms with E-state index in [4.69, 9.17) is 0 Å². The molecule has 0 N–H and O–H groups in total. The van der Waals surface area contributed by atoms with Gasteiger partial charge in [0.1, 0.15) is 5.82 Å². The van der Waals surface area contributed by atoms with E-state index in [-0.39, 0.29) is 5.82 Å². The van der Waals surface area contributed by atoms with Crippen LogP contribution in [0.1, 0.15) is 0 Å². The van der Waals surface area contributed by atoms with E-state index < -0.39 is 0 Å². The first-order valence-corrected chi connectivity index (χ1v) is 17.7. The van der Waals surface area contributed by atoms with Crippen LogP contribution in [0.4, 0.5) is 21.5 Å². The lowest BCUT2D eigenvalue weighted by Crippen LogP contribution is -2.13. The summed E-state index contributed by atoms with van der Waals surface area (Å²) in [6.45, 7) is 0. The van der Waals surface area contributed by atoms with Crippen molar-refractivity contribution < 1.29 is 4.39 Å². The maximum Gasteiger partial charge on any atom is 0.148 e. The number of halogens is 1. The Balaban J connectivity index is 1.17. The number of hydrogen-bond donors (Lipinski definition) is 0. The molecule has 0 saturated heterocycles. The fourth-order valence-electron chi connectivity index (χ4n) is 7.93. The molecule has 0 aromatic heterocycles. The third kappa shape index (κ3) is 5.08. The van der Waals surface area contributed by atoms with Crippen LogP contribution in [0.25, 0.3) is 76.5 Å². The Hall–Kier alpha value is -6.77. The van der Waals surface area contributed by atoms with Crippen molar-refractivity contribution in [3.63, 3.8) is 0 Å². The Kier molecular flexibility index (Phi) is 7.07. The zero-order chi connectivity index (χ0) is 34.6. The van der Waals surface area contributed by atoms with Gasteiger partial charge < -0.3 is 4.90 Å². The molecule has 10 aromatic carbocycles. The van der Waals surface area contributed by atoms with Crippen molar-refractivity contribution in [3.8, 4) is 33.4 Å². The lowest BCUT2D eigenvalue weighted by molar-refractivity contribution is 0.630. The molecule has 0 saturated carbocycles. The van der Waals surface area contributed by atoms with E-state index in [0.29, 0.717) is 5.69 Å². The van der Waals surface area contributed by atoms with Gasteiger partial charge in [0, 0.05) is 16.9 Å². The van der Waals surface area contributed by atoms with Gasteiger partial charge in [-0.3, -0.25) is 0 Å². The summed E-state index contributed by atoms with van der Waals surface area (Å²) in [5, 5.41) is 9.61. The molecule has 0 heterocycles. The first-order valence-electron chi connectivity index (χ1n) is 17.7. The summed E-state index contributed by atoms with van der Waals surface area (Å²) in [5.74, 6) is -0.282. The highest BCUT2D eigenvalue weighted by molar-refractivity contribution is 6.24. The Morgan fingerprint density at radius 2 is 0.788 bits per heavy atom. The molecule has 0 aliphatic rings. The SMILES string of the molecule is Fc1cc(-c2ccccc2)cc(-c2ccccc2)c1N(c1ccccc1)c1cc2ccc3cc(-c4ccc5ccccc5c4)cc4ccc(c1)c2c34. The summed E-state index contributed by atoms with van der Waals surface area (Å²) in [6.07, 6.45) is 0.